The SMILES string of the molecule is C[C@@H]1CN([C@@H](C)CO)C(=O)c2cccc(NC(=O)c3ccc(-c4nccs4)cc3)c2O[C@@H]1CN(C)Cc1ccc(C(=O)O)cc1. The van der Waals surface area contributed by atoms with Crippen LogP contribution in [0.2, 0.25) is 0 Å². The van der Waals surface area contributed by atoms with E-state index < -0.39 is 12.0 Å². The third-order valence-electron chi connectivity index (χ3n) is 7.91. The standard InChI is InChI=1S/C34H36N4O6S/c1-21-17-38(22(2)20-39)33(41)27-5-4-6-28(36-31(40)24-11-13-25(14-12-24)32-35-15-16-45-32)30(27)44-29(21)19-37(3)18-23-7-9-26(10-8-23)34(42)43/h4-16,21-22,29,39H,17-20H2,1-3H3,(H,36,40)(H,42,43)/t21-,22+,29-/m1/s1. The molecule has 0 saturated carbocycles. The second-order valence-corrected chi connectivity index (χ2v) is 12.3. The van der Waals surface area contributed by atoms with Gasteiger partial charge in [0.1, 0.15) is 11.1 Å². The number of amides is 2. The van der Waals surface area contributed by atoms with Crippen LogP contribution < -0.4 is 10.1 Å². The molecule has 1 aromatic heterocycles. The molecule has 0 spiro atoms. The first-order valence-electron chi connectivity index (χ1n) is 14.7. The van der Waals surface area contributed by atoms with Crippen LogP contribution in [0.25, 0.3) is 10.6 Å². The zero-order valence-electron chi connectivity index (χ0n) is 25.3. The van der Waals surface area contributed by atoms with Gasteiger partial charge >= 0.3 is 5.97 Å². The van der Waals surface area contributed by atoms with Gasteiger partial charge in [-0.3, -0.25) is 14.5 Å². The lowest BCUT2D eigenvalue weighted by atomic mass is 9.98. The second kappa shape index (κ2) is 14.0. The van der Waals surface area contributed by atoms with Crippen LogP contribution in [0.1, 0.15) is 50.5 Å². The number of aliphatic hydroxyl groups is 1. The molecule has 3 atom stereocenters. The smallest absolute Gasteiger partial charge is 0.335 e. The number of hydrogen-bond donors (Lipinski definition) is 3. The van der Waals surface area contributed by atoms with E-state index in [9.17, 15) is 24.6 Å². The Bertz CT molecular complexity index is 1640. The average Bonchev–Trinajstić information content (AvgIpc) is 3.58. The lowest BCUT2D eigenvalue weighted by Gasteiger charge is -2.38. The van der Waals surface area contributed by atoms with Gasteiger partial charge in [0.2, 0.25) is 0 Å². The number of aromatic carboxylic acids is 1. The topological polar surface area (TPSA) is 132 Å². The lowest BCUT2D eigenvalue weighted by Crippen LogP contribution is -2.49. The molecule has 0 radical (unpaired) electrons. The van der Waals surface area contributed by atoms with E-state index in [4.69, 9.17) is 4.74 Å². The number of aliphatic hydroxyl groups excluding tert-OH is 1. The predicted molar refractivity (Wildman–Crippen MR) is 173 cm³/mol. The molecule has 4 aromatic rings. The molecule has 11 heteroatoms. The molecule has 3 aromatic carbocycles. The van der Waals surface area contributed by atoms with E-state index in [0.717, 1.165) is 16.1 Å². The Balaban J connectivity index is 1.41. The number of rotatable bonds is 10. The van der Waals surface area contributed by atoms with Gasteiger partial charge in [-0.1, -0.05) is 37.3 Å². The first-order valence-corrected chi connectivity index (χ1v) is 15.6. The van der Waals surface area contributed by atoms with Crippen molar-refractivity contribution >= 4 is 34.8 Å². The molecule has 0 aliphatic carbocycles. The maximum atomic E-state index is 13.8. The Kier molecular flexibility index (Phi) is 9.92. The number of benzene rings is 3. The molecule has 45 heavy (non-hydrogen) atoms. The fourth-order valence-electron chi connectivity index (χ4n) is 5.32. The summed E-state index contributed by atoms with van der Waals surface area (Å²) in [5, 5.41) is 24.9. The number of carboxylic acid groups (broad SMARTS) is 1. The molecule has 2 amide bonds. The summed E-state index contributed by atoms with van der Waals surface area (Å²) in [5.74, 6) is -1.46. The van der Waals surface area contributed by atoms with Crippen LogP contribution in [0, 0.1) is 5.92 Å². The van der Waals surface area contributed by atoms with E-state index in [-0.39, 0.29) is 41.8 Å². The number of ether oxygens (including phenoxy) is 1. The minimum atomic E-state index is -0.975. The van der Waals surface area contributed by atoms with Gasteiger partial charge in [0.05, 0.1) is 29.5 Å². The molecule has 3 N–H and O–H groups in total. The molecule has 5 rings (SSSR count). The fraction of sp³-hybridized carbons (Fsp3) is 0.294. The number of hydrogen-bond acceptors (Lipinski definition) is 8. The first-order chi connectivity index (χ1) is 21.6. The van der Waals surface area contributed by atoms with E-state index in [1.54, 1.807) is 72.6 Å². The number of nitrogens with one attached hydrogen (secondary N) is 1. The van der Waals surface area contributed by atoms with E-state index in [2.05, 4.69) is 15.2 Å². The van der Waals surface area contributed by atoms with Crippen LogP contribution in [-0.4, -0.2) is 81.7 Å². The minimum Gasteiger partial charge on any atom is -0.486 e. The van der Waals surface area contributed by atoms with Crippen LogP contribution in [-0.2, 0) is 6.54 Å². The predicted octanol–water partition coefficient (Wildman–Crippen LogP) is 5.11. The number of fused-ring (bicyclic) bond motifs is 1. The van der Waals surface area contributed by atoms with Gasteiger partial charge < -0.3 is 25.2 Å². The summed E-state index contributed by atoms with van der Waals surface area (Å²) in [6, 6.07) is 18.6. The highest BCUT2D eigenvalue weighted by atomic mass is 32.1. The number of para-hydroxylation sites is 1. The monoisotopic (exact) mass is 628 g/mol. The molecule has 234 valence electrons. The summed E-state index contributed by atoms with van der Waals surface area (Å²) < 4.78 is 6.63. The highest BCUT2D eigenvalue weighted by Gasteiger charge is 2.34. The Morgan fingerprint density at radius 3 is 2.47 bits per heavy atom. The number of carboxylic acids is 1. The van der Waals surface area contributed by atoms with Gasteiger partial charge in [-0.05, 0) is 55.9 Å². The minimum absolute atomic E-state index is 0.130. The Labute approximate surface area is 265 Å². The number of thiazole rings is 1. The molecule has 10 nitrogen and oxygen atoms in total. The molecular weight excluding hydrogens is 592 g/mol. The Morgan fingerprint density at radius 2 is 1.82 bits per heavy atom. The maximum Gasteiger partial charge on any atom is 0.335 e. The molecule has 1 aliphatic rings. The van der Waals surface area contributed by atoms with Crippen molar-refractivity contribution in [2.75, 3.05) is 32.1 Å². The zero-order valence-corrected chi connectivity index (χ0v) is 26.2. The van der Waals surface area contributed by atoms with Crippen molar-refractivity contribution in [3.63, 3.8) is 0 Å². The van der Waals surface area contributed by atoms with Crippen LogP contribution in [0.4, 0.5) is 5.69 Å². The van der Waals surface area contributed by atoms with E-state index in [1.807, 2.05) is 31.5 Å². The third kappa shape index (κ3) is 7.39. The van der Waals surface area contributed by atoms with Crippen molar-refractivity contribution in [2.45, 2.75) is 32.5 Å². The molecule has 1 aliphatic heterocycles. The third-order valence-corrected chi connectivity index (χ3v) is 8.73. The van der Waals surface area contributed by atoms with Gasteiger partial charge in [0.15, 0.2) is 5.75 Å². The summed E-state index contributed by atoms with van der Waals surface area (Å²) >= 11 is 1.52. The molecular formula is C34H36N4O6S. The normalized spacial score (nSPS) is 17.2. The van der Waals surface area contributed by atoms with Crippen molar-refractivity contribution in [3.05, 3.63) is 101 Å². The Morgan fingerprint density at radius 1 is 1.11 bits per heavy atom. The van der Waals surface area contributed by atoms with Gasteiger partial charge in [-0.2, -0.15) is 0 Å². The van der Waals surface area contributed by atoms with Crippen molar-refractivity contribution in [2.24, 2.45) is 5.92 Å². The molecule has 2 heterocycles. The number of likely N-dealkylation sites (N-methyl/N-ethyl adjacent to an activating group) is 1. The van der Waals surface area contributed by atoms with E-state index >= 15 is 0 Å². The average molecular weight is 629 g/mol. The maximum absolute atomic E-state index is 13.8. The second-order valence-electron chi connectivity index (χ2n) is 11.4. The highest BCUT2D eigenvalue weighted by Crippen LogP contribution is 2.35. The summed E-state index contributed by atoms with van der Waals surface area (Å²) in [5.41, 5.74) is 3.20. The van der Waals surface area contributed by atoms with Crippen molar-refractivity contribution < 1.29 is 29.3 Å². The van der Waals surface area contributed by atoms with Crippen LogP contribution in [0.15, 0.2) is 78.3 Å². The number of carbonyl (C=O) groups excluding carboxylic acids is 2. The number of aromatic nitrogens is 1. The van der Waals surface area contributed by atoms with Crippen molar-refractivity contribution in [1.82, 2.24) is 14.8 Å². The zero-order chi connectivity index (χ0) is 32.1. The van der Waals surface area contributed by atoms with Crippen LogP contribution in [0.5, 0.6) is 5.75 Å². The van der Waals surface area contributed by atoms with E-state index in [0.29, 0.717) is 36.4 Å². The van der Waals surface area contributed by atoms with Gasteiger partial charge in [-0.15, -0.1) is 11.3 Å². The molecule has 0 fully saturated rings. The summed E-state index contributed by atoms with van der Waals surface area (Å²) in [7, 11) is 1.95. The van der Waals surface area contributed by atoms with Gasteiger partial charge in [-0.25, -0.2) is 9.78 Å². The van der Waals surface area contributed by atoms with Gasteiger partial charge in [0, 0.05) is 48.3 Å². The molecule has 0 saturated heterocycles. The van der Waals surface area contributed by atoms with Crippen LogP contribution >= 0.6 is 11.3 Å². The fourth-order valence-corrected chi connectivity index (χ4v) is 5.97. The molecule has 0 unspecified atom stereocenters. The van der Waals surface area contributed by atoms with E-state index in [1.165, 1.54) is 11.3 Å². The van der Waals surface area contributed by atoms with Crippen molar-refractivity contribution in [3.8, 4) is 16.3 Å². The number of carbonyl (C=O) groups is 3. The number of anilines is 1. The number of nitrogens with zero attached hydrogens (tertiary/aromatic N) is 3. The van der Waals surface area contributed by atoms with Gasteiger partial charge in [0.25, 0.3) is 11.8 Å². The first kappa shape index (κ1) is 31.8. The summed E-state index contributed by atoms with van der Waals surface area (Å²) in [6.45, 7) is 5.00. The summed E-state index contributed by atoms with van der Waals surface area (Å²) in [4.78, 5) is 46.5. The summed E-state index contributed by atoms with van der Waals surface area (Å²) in [6.07, 6.45) is 1.35. The Hall–Kier alpha value is -4.58. The van der Waals surface area contributed by atoms with Crippen LogP contribution in [0.3, 0.4) is 0 Å². The molecule has 0 bridgehead atoms. The van der Waals surface area contributed by atoms with Crippen molar-refractivity contribution in [1.29, 1.82) is 0 Å². The highest BCUT2D eigenvalue weighted by molar-refractivity contribution is 7.13. The largest absolute Gasteiger partial charge is 0.486 e. The lowest BCUT2D eigenvalue weighted by molar-refractivity contribution is 0.0343. The quantitative estimate of drug-likeness (QED) is 0.221.